The third kappa shape index (κ3) is 5.29. The van der Waals surface area contributed by atoms with E-state index in [0.29, 0.717) is 30.3 Å². The van der Waals surface area contributed by atoms with Crippen molar-refractivity contribution in [1.29, 1.82) is 5.26 Å². The van der Waals surface area contributed by atoms with Gasteiger partial charge in [0, 0.05) is 13.1 Å². The Bertz CT molecular complexity index is 492. The number of nitriles is 1. The molecule has 5 heteroatoms. The first-order chi connectivity index (χ1) is 9.56. The number of ether oxygens (including phenoxy) is 1. The predicted molar refractivity (Wildman–Crippen MR) is 77.3 cm³/mol. The first-order valence-electron chi connectivity index (χ1n) is 6.61. The van der Waals surface area contributed by atoms with Crippen molar-refractivity contribution in [2.45, 2.75) is 20.4 Å². The molecule has 1 amide bonds. The standard InChI is InChI=1S/C15H21N3O2/c1-11(2)8-18-15(19)10-17-9-12-4-5-13(7-16)14(6-12)20-3/h4-6,11,17H,8-10H2,1-3H3,(H,18,19). The van der Waals surface area contributed by atoms with Crippen molar-refractivity contribution in [1.82, 2.24) is 10.6 Å². The zero-order valence-corrected chi connectivity index (χ0v) is 12.2. The van der Waals surface area contributed by atoms with Crippen molar-refractivity contribution < 1.29 is 9.53 Å². The van der Waals surface area contributed by atoms with Crippen LogP contribution in [0.5, 0.6) is 5.75 Å². The van der Waals surface area contributed by atoms with Gasteiger partial charge in [-0.2, -0.15) is 5.26 Å². The number of nitrogens with one attached hydrogen (secondary N) is 2. The molecule has 0 aliphatic carbocycles. The topological polar surface area (TPSA) is 74.2 Å². The van der Waals surface area contributed by atoms with Gasteiger partial charge in [0.2, 0.25) is 5.91 Å². The van der Waals surface area contributed by atoms with Crippen LogP contribution >= 0.6 is 0 Å². The van der Waals surface area contributed by atoms with Crippen LogP contribution in [0.2, 0.25) is 0 Å². The molecule has 0 saturated heterocycles. The zero-order valence-electron chi connectivity index (χ0n) is 12.2. The summed E-state index contributed by atoms with van der Waals surface area (Å²) in [4.78, 5) is 11.5. The molecule has 1 aromatic rings. The lowest BCUT2D eigenvalue weighted by Crippen LogP contribution is -2.35. The lowest BCUT2D eigenvalue weighted by molar-refractivity contribution is -0.120. The third-order valence-corrected chi connectivity index (χ3v) is 2.71. The smallest absolute Gasteiger partial charge is 0.233 e. The van der Waals surface area contributed by atoms with Gasteiger partial charge in [0.05, 0.1) is 19.2 Å². The first-order valence-corrected chi connectivity index (χ1v) is 6.61. The van der Waals surface area contributed by atoms with Gasteiger partial charge in [-0.15, -0.1) is 0 Å². The number of hydrogen-bond acceptors (Lipinski definition) is 4. The zero-order chi connectivity index (χ0) is 15.0. The minimum absolute atomic E-state index is 0.0145. The van der Waals surface area contributed by atoms with Crippen LogP contribution in [0, 0.1) is 17.2 Å². The van der Waals surface area contributed by atoms with Crippen molar-refractivity contribution in [2.24, 2.45) is 5.92 Å². The molecule has 0 atom stereocenters. The van der Waals surface area contributed by atoms with Gasteiger partial charge in [0.15, 0.2) is 0 Å². The second-order valence-corrected chi connectivity index (χ2v) is 4.95. The van der Waals surface area contributed by atoms with Crippen molar-refractivity contribution >= 4 is 5.91 Å². The minimum atomic E-state index is -0.0145. The lowest BCUT2D eigenvalue weighted by atomic mass is 10.1. The summed E-state index contributed by atoms with van der Waals surface area (Å²) in [5, 5.41) is 14.8. The summed E-state index contributed by atoms with van der Waals surface area (Å²) in [6.45, 7) is 5.62. The summed E-state index contributed by atoms with van der Waals surface area (Å²) in [6.07, 6.45) is 0. The Morgan fingerprint density at radius 1 is 1.45 bits per heavy atom. The van der Waals surface area contributed by atoms with E-state index in [-0.39, 0.29) is 12.5 Å². The molecule has 20 heavy (non-hydrogen) atoms. The van der Waals surface area contributed by atoms with E-state index in [1.165, 1.54) is 7.11 Å². The molecule has 0 saturated carbocycles. The molecule has 0 heterocycles. The predicted octanol–water partition coefficient (Wildman–Crippen LogP) is 1.43. The van der Waals surface area contributed by atoms with Crippen LogP contribution in [0.15, 0.2) is 18.2 Å². The molecular formula is C15H21N3O2. The minimum Gasteiger partial charge on any atom is -0.495 e. The highest BCUT2D eigenvalue weighted by Crippen LogP contribution is 2.18. The number of carbonyl (C=O) groups is 1. The lowest BCUT2D eigenvalue weighted by Gasteiger charge is -2.09. The molecule has 0 aromatic heterocycles. The van der Waals surface area contributed by atoms with Gasteiger partial charge in [-0.3, -0.25) is 4.79 Å². The molecule has 108 valence electrons. The van der Waals surface area contributed by atoms with Crippen molar-refractivity contribution in [3.8, 4) is 11.8 Å². The van der Waals surface area contributed by atoms with Crippen LogP contribution in [-0.4, -0.2) is 26.1 Å². The van der Waals surface area contributed by atoms with Crippen molar-refractivity contribution in [3.63, 3.8) is 0 Å². The summed E-state index contributed by atoms with van der Waals surface area (Å²) in [7, 11) is 1.53. The SMILES string of the molecule is COc1cc(CNCC(=O)NCC(C)C)ccc1C#N. The van der Waals surface area contributed by atoms with Gasteiger partial charge in [-0.05, 0) is 23.6 Å². The fourth-order valence-corrected chi connectivity index (χ4v) is 1.64. The monoisotopic (exact) mass is 275 g/mol. The van der Waals surface area contributed by atoms with E-state index in [9.17, 15) is 4.79 Å². The first kappa shape index (κ1) is 16.0. The van der Waals surface area contributed by atoms with Crippen molar-refractivity contribution in [2.75, 3.05) is 20.2 Å². The van der Waals surface area contributed by atoms with Gasteiger partial charge >= 0.3 is 0 Å². The highest BCUT2D eigenvalue weighted by atomic mass is 16.5. The molecule has 0 bridgehead atoms. The highest BCUT2D eigenvalue weighted by Gasteiger charge is 2.05. The van der Waals surface area contributed by atoms with E-state index in [4.69, 9.17) is 10.00 Å². The molecule has 0 radical (unpaired) electrons. The Balaban J connectivity index is 2.43. The van der Waals surface area contributed by atoms with E-state index >= 15 is 0 Å². The summed E-state index contributed by atoms with van der Waals surface area (Å²) in [6, 6.07) is 7.43. The van der Waals surface area contributed by atoms with Crippen LogP contribution in [0.25, 0.3) is 0 Å². The van der Waals surface area contributed by atoms with E-state index in [2.05, 4.69) is 30.6 Å². The van der Waals surface area contributed by atoms with Gasteiger partial charge in [0.1, 0.15) is 11.8 Å². The maximum absolute atomic E-state index is 11.5. The average Bonchev–Trinajstić information content (AvgIpc) is 2.44. The largest absolute Gasteiger partial charge is 0.495 e. The van der Waals surface area contributed by atoms with E-state index in [1.54, 1.807) is 12.1 Å². The fraction of sp³-hybridized carbons (Fsp3) is 0.467. The molecule has 0 spiro atoms. The summed E-state index contributed by atoms with van der Waals surface area (Å²) in [5.74, 6) is 0.983. The van der Waals surface area contributed by atoms with Crippen molar-refractivity contribution in [3.05, 3.63) is 29.3 Å². The Kier molecular flexibility index (Phi) is 6.54. The molecule has 1 aromatic carbocycles. The number of nitrogens with zero attached hydrogens (tertiary/aromatic N) is 1. The Morgan fingerprint density at radius 3 is 2.80 bits per heavy atom. The molecule has 0 aliphatic rings. The van der Waals surface area contributed by atoms with E-state index in [0.717, 1.165) is 5.56 Å². The number of carbonyl (C=O) groups excluding carboxylic acids is 1. The number of methoxy groups -OCH3 is 1. The highest BCUT2D eigenvalue weighted by molar-refractivity contribution is 5.77. The molecule has 5 nitrogen and oxygen atoms in total. The number of amides is 1. The molecule has 0 unspecified atom stereocenters. The summed E-state index contributed by atoms with van der Waals surface area (Å²) in [5.41, 5.74) is 1.48. The van der Waals surface area contributed by atoms with Crippen LogP contribution in [-0.2, 0) is 11.3 Å². The second kappa shape index (κ2) is 8.18. The van der Waals surface area contributed by atoms with E-state index < -0.39 is 0 Å². The van der Waals surface area contributed by atoms with Crippen LogP contribution in [0.3, 0.4) is 0 Å². The molecular weight excluding hydrogens is 254 g/mol. The van der Waals surface area contributed by atoms with Crippen LogP contribution in [0.1, 0.15) is 25.0 Å². The van der Waals surface area contributed by atoms with Gasteiger partial charge < -0.3 is 15.4 Å². The Hall–Kier alpha value is -2.06. The number of rotatable bonds is 7. The van der Waals surface area contributed by atoms with Crippen LogP contribution in [0.4, 0.5) is 0 Å². The second-order valence-electron chi connectivity index (χ2n) is 4.95. The molecule has 0 aliphatic heterocycles. The maximum atomic E-state index is 11.5. The molecule has 2 N–H and O–H groups in total. The molecule has 1 rings (SSSR count). The van der Waals surface area contributed by atoms with Gasteiger partial charge in [0.25, 0.3) is 0 Å². The quantitative estimate of drug-likeness (QED) is 0.789. The van der Waals surface area contributed by atoms with E-state index in [1.807, 2.05) is 6.07 Å². The Labute approximate surface area is 119 Å². The maximum Gasteiger partial charge on any atom is 0.233 e. The van der Waals surface area contributed by atoms with Gasteiger partial charge in [-0.1, -0.05) is 19.9 Å². The Morgan fingerprint density at radius 2 is 2.20 bits per heavy atom. The molecule has 0 fully saturated rings. The third-order valence-electron chi connectivity index (χ3n) is 2.71. The van der Waals surface area contributed by atoms with Crippen LogP contribution < -0.4 is 15.4 Å². The fourth-order valence-electron chi connectivity index (χ4n) is 1.64. The van der Waals surface area contributed by atoms with Gasteiger partial charge in [-0.25, -0.2) is 0 Å². The average molecular weight is 275 g/mol. The summed E-state index contributed by atoms with van der Waals surface area (Å²) < 4.78 is 5.14. The number of benzene rings is 1. The number of hydrogen-bond donors (Lipinski definition) is 2. The summed E-state index contributed by atoms with van der Waals surface area (Å²) >= 11 is 0. The normalized spacial score (nSPS) is 10.2.